The van der Waals surface area contributed by atoms with E-state index in [4.69, 9.17) is 9.72 Å². The molecule has 5 aromatic rings. The third-order valence-electron chi connectivity index (χ3n) is 12.3. The number of aromatic nitrogens is 1. The van der Waals surface area contributed by atoms with Crippen molar-refractivity contribution in [2.45, 2.75) is 151 Å². The van der Waals surface area contributed by atoms with E-state index in [1.54, 1.807) is 0 Å². The van der Waals surface area contributed by atoms with E-state index in [-0.39, 0.29) is 59.7 Å². The number of ketones is 1. The maximum Gasteiger partial charge on any atom is 0.162 e. The molecule has 311 valence electrons. The minimum Gasteiger partial charge on any atom is -0.512 e. The van der Waals surface area contributed by atoms with Crippen molar-refractivity contribution >= 4 is 48.1 Å². The number of rotatable bonds is 11. The van der Waals surface area contributed by atoms with E-state index in [0.29, 0.717) is 5.92 Å². The quantitative estimate of drug-likeness (QED) is 0.0814. The molecule has 0 saturated heterocycles. The van der Waals surface area contributed by atoms with Crippen LogP contribution in [0.15, 0.2) is 54.4 Å². The summed E-state index contributed by atoms with van der Waals surface area (Å²) in [5.41, 5.74) is 7.83. The molecule has 2 heterocycles. The second kappa shape index (κ2) is 18.5. The summed E-state index contributed by atoms with van der Waals surface area (Å²) in [4.78, 5) is 16.8. The van der Waals surface area contributed by atoms with Crippen molar-refractivity contribution in [2.24, 2.45) is 17.8 Å². The first kappa shape index (κ1) is 46.6. The number of hydrogen-bond acceptors (Lipinski definition) is 5. The van der Waals surface area contributed by atoms with Crippen molar-refractivity contribution in [3.8, 4) is 17.0 Å². The van der Waals surface area contributed by atoms with Crippen LogP contribution in [-0.2, 0) is 47.6 Å². The van der Waals surface area contributed by atoms with Crippen molar-refractivity contribution in [3.05, 3.63) is 82.8 Å². The number of aliphatic hydroxyl groups is 1. The van der Waals surface area contributed by atoms with Gasteiger partial charge in [0, 0.05) is 75.8 Å². The molecule has 0 aliphatic heterocycles. The Kier molecular flexibility index (Phi) is 15.1. The molecule has 0 spiro atoms. The van der Waals surface area contributed by atoms with Crippen LogP contribution >= 0.6 is 11.3 Å². The average Bonchev–Trinajstić information content (AvgIpc) is 3.53. The van der Waals surface area contributed by atoms with Crippen LogP contribution in [0.1, 0.15) is 151 Å². The molecule has 0 fully saturated rings. The average molecular weight is 967 g/mol. The maximum atomic E-state index is 11.7. The zero-order chi connectivity index (χ0) is 41.3. The van der Waals surface area contributed by atoms with E-state index in [1.165, 1.54) is 53.9 Å². The molecule has 0 bridgehead atoms. The number of carbonyl (C=O) groups excluding carboxylic acids is 1. The van der Waals surface area contributed by atoms with E-state index in [9.17, 15) is 9.90 Å². The number of fused-ring (bicyclic) bond motifs is 6. The largest absolute Gasteiger partial charge is 0.512 e. The summed E-state index contributed by atoms with van der Waals surface area (Å²) in [6, 6.07) is 17.0. The van der Waals surface area contributed by atoms with Gasteiger partial charge in [-0.15, -0.1) is 40.5 Å². The van der Waals surface area contributed by atoms with Crippen LogP contribution in [-0.4, -0.2) is 23.0 Å². The predicted octanol–water partition coefficient (Wildman–Crippen LogP) is 14.8. The van der Waals surface area contributed by atoms with E-state index < -0.39 is 0 Å². The molecule has 0 amide bonds. The molecular weight excluding hydrogens is 899 g/mol. The van der Waals surface area contributed by atoms with Crippen molar-refractivity contribution in [3.63, 3.8) is 0 Å². The second-order valence-electron chi connectivity index (χ2n) is 18.9. The Morgan fingerprint density at radius 2 is 1.51 bits per heavy atom. The Balaban J connectivity index is 0.000000385. The molecule has 57 heavy (non-hydrogen) atoms. The molecule has 1 N–H and O–H groups in total. The fourth-order valence-electron chi connectivity index (χ4n) is 8.94. The number of pyridine rings is 1. The zero-order valence-corrected chi connectivity index (χ0v) is 40.5. The van der Waals surface area contributed by atoms with Gasteiger partial charge in [0.05, 0.1) is 12.9 Å². The van der Waals surface area contributed by atoms with Crippen molar-refractivity contribution in [1.29, 1.82) is 0 Å². The summed E-state index contributed by atoms with van der Waals surface area (Å²) in [6.45, 7) is 29.3. The smallest absolute Gasteiger partial charge is 0.162 e. The van der Waals surface area contributed by atoms with Crippen LogP contribution in [0, 0.1) is 23.8 Å². The second-order valence-corrected chi connectivity index (χ2v) is 19.9. The third-order valence-corrected chi connectivity index (χ3v) is 13.6. The van der Waals surface area contributed by atoms with Crippen molar-refractivity contribution in [1.82, 2.24) is 4.98 Å². The van der Waals surface area contributed by atoms with Gasteiger partial charge < -0.3 is 9.84 Å². The first-order chi connectivity index (χ1) is 26.3. The third kappa shape index (κ3) is 9.40. The molecule has 1 radical (unpaired) electrons. The Hall–Kier alpha value is -3.05. The number of benzene rings is 3. The van der Waals surface area contributed by atoms with Gasteiger partial charge in [-0.05, 0) is 84.1 Å². The number of hydrogen-bond donors (Lipinski definition) is 1. The van der Waals surface area contributed by atoms with Crippen LogP contribution < -0.4 is 4.74 Å². The van der Waals surface area contributed by atoms with Gasteiger partial charge in [-0.2, -0.15) is 0 Å². The van der Waals surface area contributed by atoms with E-state index >= 15 is 0 Å². The number of carbonyl (C=O) groups is 1. The molecular formula is C51H68IrNO3S-. The number of methoxy groups -OCH3 is 1. The van der Waals surface area contributed by atoms with E-state index in [1.807, 2.05) is 52.3 Å². The topological polar surface area (TPSA) is 59.4 Å². The molecule has 1 aliphatic rings. The van der Waals surface area contributed by atoms with Crippen LogP contribution in [0.25, 0.3) is 42.2 Å². The number of allylic oxidation sites excluding steroid dienone is 2. The van der Waals surface area contributed by atoms with Gasteiger partial charge in [0.1, 0.15) is 5.75 Å². The summed E-state index contributed by atoms with van der Waals surface area (Å²) >= 11 is 1.91. The molecule has 6 rings (SSSR count). The van der Waals surface area contributed by atoms with E-state index in [0.717, 1.165) is 67.3 Å². The molecule has 6 heteroatoms. The molecule has 0 unspecified atom stereocenters. The SMILES string of the molecule is CCC(CC)C(=O)/C=C(\O)C(CC)CC.COc1c2c(c3c(sc4c(-c5[c-]c6ccccc6c(C(C)(C)C)c5)nccc43)c1CC(C)C)C(C)(C)CCC2(C)C.[Ir]. The van der Waals surface area contributed by atoms with Crippen LogP contribution in [0.2, 0.25) is 0 Å². The number of aliphatic hydroxyl groups excluding tert-OH is 1. The predicted molar refractivity (Wildman–Crippen MR) is 242 cm³/mol. The Morgan fingerprint density at radius 3 is 2.07 bits per heavy atom. The summed E-state index contributed by atoms with van der Waals surface area (Å²) in [7, 11) is 1.88. The Bertz CT molecular complexity index is 2230. The normalized spacial score (nSPS) is 15.2. The van der Waals surface area contributed by atoms with Gasteiger partial charge >= 0.3 is 0 Å². The molecule has 4 nitrogen and oxygen atoms in total. The first-order valence-corrected chi connectivity index (χ1v) is 22.0. The number of thiophene rings is 1. The van der Waals surface area contributed by atoms with Crippen LogP contribution in [0.5, 0.6) is 5.75 Å². The molecule has 0 atom stereocenters. The summed E-state index contributed by atoms with van der Waals surface area (Å²) in [5.74, 6) is 2.19. The Morgan fingerprint density at radius 1 is 0.912 bits per heavy atom. The summed E-state index contributed by atoms with van der Waals surface area (Å²) in [6.07, 6.45) is 10.2. The zero-order valence-electron chi connectivity index (χ0n) is 37.3. The minimum absolute atomic E-state index is 0. The Labute approximate surface area is 361 Å². The minimum atomic E-state index is 0. The van der Waals surface area contributed by atoms with Crippen molar-refractivity contribution in [2.75, 3.05) is 7.11 Å². The fourth-order valence-corrected chi connectivity index (χ4v) is 10.3. The fraction of sp³-hybridized carbons (Fsp3) is 0.529. The number of ether oxygens (including phenoxy) is 1. The van der Waals surface area contributed by atoms with Crippen LogP contribution in [0.4, 0.5) is 0 Å². The number of nitrogens with zero attached hydrogens (tertiary/aromatic N) is 1. The molecule has 2 aromatic heterocycles. The molecule has 3 aromatic carbocycles. The molecule has 1 aliphatic carbocycles. The maximum absolute atomic E-state index is 11.7. The standard InChI is InChI=1S/C38H44NOS.C13H24O2.Ir/c1-22(2)19-27-33(40-10)31-30(37(6,7)16-17-38(31,8)9)29-26-15-18-39-32(35(26)41-34(27)29)24-20-23-13-11-12-14-25(23)28(21-24)36(3,4)5;1-5-10(6-2)12(14)9-13(15)11(7-3)8-4;/h11-15,18,21-22H,16-17,19H2,1-10H3;9-11,14H,5-8H2,1-4H3;/q-1;;/b;12-9-;. The van der Waals surface area contributed by atoms with Crippen molar-refractivity contribution < 1.29 is 34.7 Å². The van der Waals surface area contributed by atoms with Gasteiger partial charge in [0.15, 0.2) is 5.78 Å². The van der Waals surface area contributed by atoms with Gasteiger partial charge in [0.2, 0.25) is 0 Å². The monoisotopic (exact) mass is 967 g/mol. The van der Waals surface area contributed by atoms with Gasteiger partial charge in [-0.25, -0.2) is 0 Å². The van der Waals surface area contributed by atoms with Crippen LogP contribution in [0.3, 0.4) is 0 Å². The van der Waals surface area contributed by atoms with Gasteiger partial charge in [0.25, 0.3) is 0 Å². The summed E-state index contributed by atoms with van der Waals surface area (Å²) in [5, 5.41) is 14.9. The van der Waals surface area contributed by atoms with E-state index in [2.05, 4.69) is 105 Å². The van der Waals surface area contributed by atoms with Gasteiger partial charge in [-0.3, -0.25) is 9.78 Å². The summed E-state index contributed by atoms with van der Waals surface area (Å²) < 4.78 is 9.01. The first-order valence-electron chi connectivity index (χ1n) is 21.2. The van der Waals surface area contributed by atoms with Gasteiger partial charge in [-0.1, -0.05) is 119 Å². The molecule has 0 saturated carbocycles.